The molecule has 0 fully saturated rings. The van der Waals surface area contributed by atoms with Crippen LogP contribution in [0.4, 0.5) is 0 Å². The summed E-state index contributed by atoms with van der Waals surface area (Å²) in [6.45, 7) is 6.02. The Morgan fingerprint density at radius 2 is 1.63 bits per heavy atom. The molecule has 0 spiro atoms. The van der Waals surface area contributed by atoms with Crippen molar-refractivity contribution < 1.29 is 31.4 Å². The van der Waals surface area contributed by atoms with Gasteiger partial charge in [-0.05, 0) is 54.7 Å². The molecule has 0 amide bonds. The summed E-state index contributed by atoms with van der Waals surface area (Å²) >= 11 is -0.373. The van der Waals surface area contributed by atoms with Crippen molar-refractivity contribution in [3.63, 3.8) is 0 Å². The van der Waals surface area contributed by atoms with Crippen LogP contribution in [0.15, 0.2) is 126 Å². The van der Waals surface area contributed by atoms with Crippen LogP contribution in [0.1, 0.15) is 57.3 Å². The Bertz CT molecular complexity index is 3370. The summed E-state index contributed by atoms with van der Waals surface area (Å²) in [6.07, 6.45) is 0.562. The molecule has 8 heteroatoms. The standard InChI is InChI=1S/C34H24N3OS.C18H24GeN.Ir/c1-19(2)21-17-18-28(30-24-9-4-7-14-29(24)39-32(21)30)37-27-13-6-5-12-26(27)36-33(37)25-11-8-10-22-23-16-15-20(3)35-34(23)38-31(22)25;1-14(2)11-16-12-18(15-9-7-6-8-10-15)20-13-17(16)19(3,4)5;/h4-10,12-19H,1-3H3;6-9,12-14H,11H2,1-5H3;/q2*-1;/i3D3;11D2;. The molecule has 10 aromatic rings. The summed E-state index contributed by atoms with van der Waals surface area (Å²) < 4.78 is 52.7. The van der Waals surface area contributed by atoms with Gasteiger partial charge in [0.2, 0.25) is 5.71 Å². The fraction of sp³-hybridized carbons (Fsp3) is 0.212. The zero-order valence-electron chi connectivity index (χ0n) is 39.6. The van der Waals surface area contributed by atoms with E-state index in [9.17, 15) is 0 Å². The first-order valence-corrected chi connectivity index (χ1v) is 28.2. The van der Waals surface area contributed by atoms with E-state index in [4.69, 9.17) is 16.3 Å². The van der Waals surface area contributed by atoms with Crippen LogP contribution >= 0.6 is 11.3 Å². The Balaban J connectivity index is 0.000000213. The largest absolute Gasteiger partial charge is 0 e. The molecule has 0 bridgehead atoms. The molecule has 0 aliphatic carbocycles. The normalized spacial score (nSPS) is 13.6. The van der Waals surface area contributed by atoms with Crippen molar-refractivity contribution in [2.45, 2.75) is 64.1 Å². The molecule has 5 nitrogen and oxygen atoms in total. The average Bonchev–Trinajstić information content (AvgIpc) is 3.97. The Kier molecular flexibility index (Phi) is 10.1. The molecule has 10 rings (SSSR count). The van der Waals surface area contributed by atoms with Crippen LogP contribution in [0.25, 0.3) is 81.6 Å². The van der Waals surface area contributed by atoms with Crippen molar-refractivity contribution in [2.75, 3.05) is 0 Å². The number of imidazole rings is 1. The number of rotatable bonds is 7. The van der Waals surface area contributed by atoms with Gasteiger partial charge in [0.25, 0.3) is 0 Å². The topological polar surface area (TPSA) is 56.7 Å². The monoisotopic (exact) mass is 1050 g/mol. The van der Waals surface area contributed by atoms with Crippen molar-refractivity contribution >= 4 is 82.3 Å². The third-order valence-electron chi connectivity index (χ3n) is 10.6. The van der Waals surface area contributed by atoms with Gasteiger partial charge < -0.3 is 8.98 Å². The van der Waals surface area contributed by atoms with Gasteiger partial charge in [0.15, 0.2) is 0 Å². The maximum Gasteiger partial charge on any atom is 0 e. The van der Waals surface area contributed by atoms with Gasteiger partial charge in [0, 0.05) is 61.2 Å². The second kappa shape index (κ2) is 16.9. The van der Waals surface area contributed by atoms with E-state index in [1.54, 1.807) is 12.1 Å². The molecule has 0 atom stereocenters. The van der Waals surface area contributed by atoms with Crippen LogP contribution < -0.4 is 4.40 Å². The SMILES string of the molecule is [2H]C([2H])([2H])c1ccc2c(n1)oc1c(-c3nc4ccccc4n3-c3ccc(C(C)C)c4sc5ccccc5c34)[c-]ccc12.[2H]C([2H])(c1cc(-c2[c-]cccc2)nc[c]1[Ge]([CH3])([CH3])[CH3])C(C)C.[Ir]. The number of benzene rings is 5. The van der Waals surface area contributed by atoms with Gasteiger partial charge in [-0.2, -0.15) is 0 Å². The minimum atomic E-state index is -2.33. The van der Waals surface area contributed by atoms with E-state index in [2.05, 4.69) is 100 Å². The number of para-hydroxylation sites is 2. The summed E-state index contributed by atoms with van der Waals surface area (Å²) in [5.41, 5.74) is 8.29. The number of hydrogen-bond donors (Lipinski definition) is 0. The maximum absolute atomic E-state index is 8.56. The molecule has 0 saturated heterocycles. The number of aromatic nitrogens is 4. The summed E-state index contributed by atoms with van der Waals surface area (Å²) in [5, 5.41) is 4.00. The zero-order chi connectivity index (χ0) is 45.3. The Morgan fingerprint density at radius 1 is 0.833 bits per heavy atom. The fourth-order valence-corrected chi connectivity index (χ4v) is 12.2. The third kappa shape index (κ3) is 7.78. The molecule has 5 aromatic carbocycles. The van der Waals surface area contributed by atoms with Crippen LogP contribution in [-0.4, -0.2) is 32.8 Å². The molecule has 303 valence electrons. The van der Waals surface area contributed by atoms with E-state index in [1.807, 2.05) is 92.0 Å². The Labute approximate surface area is 379 Å². The molecule has 5 heterocycles. The maximum atomic E-state index is 8.56. The summed E-state index contributed by atoms with van der Waals surface area (Å²) in [4.78, 5) is 14.1. The number of thiophene rings is 1. The first-order valence-electron chi connectivity index (χ1n) is 22.6. The van der Waals surface area contributed by atoms with E-state index in [-0.39, 0.29) is 37.4 Å². The number of nitrogens with zero attached hydrogens (tertiary/aromatic N) is 4. The number of aryl methyl sites for hydroxylation is 1. The molecule has 60 heavy (non-hydrogen) atoms. The van der Waals surface area contributed by atoms with Gasteiger partial charge in [0.05, 0.1) is 22.4 Å². The predicted octanol–water partition coefficient (Wildman–Crippen LogP) is 13.9. The minimum absolute atomic E-state index is 0. The number of fused-ring (bicyclic) bond motifs is 7. The van der Waals surface area contributed by atoms with Gasteiger partial charge in [-0.25, -0.2) is 4.98 Å². The van der Waals surface area contributed by atoms with Gasteiger partial charge in [0.1, 0.15) is 0 Å². The van der Waals surface area contributed by atoms with Crippen molar-refractivity contribution in [1.29, 1.82) is 0 Å². The number of furan rings is 1. The molecule has 1 radical (unpaired) electrons. The van der Waals surface area contributed by atoms with E-state index in [1.165, 1.54) is 25.7 Å². The number of hydrogen-bond acceptors (Lipinski definition) is 5. The molecular formula is C52H48GeIrN4OS-2. The molecule has 0 aliphatic rings. The first-order chi connectivity index (χ1) is 30.4. The van der Waals surface area contributed by atoms with Crippen molar-refractivity contribution in [3.05, 3.63) is 150 Å². The van der Waals surface area contributed by atoms with Gasteiger partial charge in [-0.3, -0.25) is 4.98 Å². The first kappa shape index (κ1) is 35.8. The van der Waals surface area contributed by atoms with Crippen LogP contribution in [-0.2, 0) is 26.5 Å². The van der Waals surface area contributed by atoms with Crippen LogP contribution in [0.3, 0.4) is 0 Å². The second-order valence-corrected chi connectivity index (χ2v) is 28.2. The zero-order valence-corrected chi connectivity index (χ0v) is 40.0. The van der Waals surface area contributed by atoms with E-state index >= 15 is 0 Å². The molecule has 5 aromatic heterocycles. The molecule has 0 N–H and O–H groups in total. The average molecular weight is 1050 g/mol. The Hall–Kier alpha value is -4.92. The van der Waals surface area contributed by atoms with Crippen molar-refractivity contribution in [3.8, 4) is 28.3 Å². The van der Waals surface area contributed by atoms with E-state index in [0.717, 1.165) is 48.7 Å². The summed E-state index contributed by atoms with van der Waals surface area (Å²) in [5.74, 6) is 7.84. The number of pyridine rings is 2. The van der Waals surface area contributed by atoms with Crippen molar-refractivity contribution in [2.24, 2.45) is 5.92 Å². The quantitative estimate of drug-likeness (QED) is 0.118. The van der Waals surface area contributed by atoms with Gasteiger partial charge in [-0.15, -0.1) is 29.5 Å². The smallest absolute Gasteiger partial charge is 0 e. The predicted molar refractivity (Wildman–Crippen MR) is 252 cm³/mol. The van der Waals surface area contributed by atoms with Crippen LogP contribution in [0.2, 0.25) is 17.3 Å². The Morgan fingerprint density at radius 3 is 2.40 bits per heavy atom. The van der Waals surface area contributed by atoms with Crippen molar-refractivity contribution in [1.82, 2.24) is 19.5 Å². The summed E-state index contributed by atoms with van der Waals surface area (Å²) in [7, 11) is 0. The molecular weight excluding hydrogens is 993 g/mol. The van der Waals surface area contributed by atoms with Gasteiger partial charge >= 0.3 is 128 Å². The van der Waals surface area contributed by atoms with Crippen LogP contribution in [0, 0.1) is 24.9 Å². The molecule has 0 saturated carbocycles. The van der Waals surface area contributed by atoms with Gasteiger partial charge in [-0.1, -0.05) is 61.2 Å². The molecule has 0 aliphatic heterocycles. The van der Waals surface area contributed by atoms with E-state index in [0.29, 0.717) is 22.9 Å². The van der Waals surface area contributed by atoms with E-state index < -0.39 is 26.5 Å². The third-order valence-corrected chi connectivity index (χ3v) is 16.1. The minimum Gasteiger partial charge on any atom is 0 e. The van der Waals surface area contributed by atoms with Crippen LogP contribution in [0.5, 0.6) is 0 Å². The fourth-order valence-electron chi connectivity index (χ4n) is 7.88. The molecule has 0 unspecified atom stereocenters. The second-order valence-electron chi connectivity index (χ2n) is 16.6. The summed E-state index contributed by atoms with van der Waals surface area (Å²) in [6, 6.07) is 44.5.